The molecule has 2 atom stereocenters. The first-order chi connectivity index (χ1) is 10.3. The van der Waals surface area contributed by atoms with E-state index in [-0.39, 0.29) is 11.3 Å². The molecule has 120 valence electrons. The van der Waals surface area contributed by atoms with Crippen molar-refractivity contribution in [3.8, 4) is 0 Å². The fraction of sp³-hybridized carbons (Fsp3) is 0.611. The minimum absolute atomic E-state index is 0.0398. The van der Waals surface area contributed by atoms with Gasteiger partial charge in [-0.3, -0.25) is 9.69 Å². The number of carbonyl (C=O) groups excluding carboxylic acids is 1. The summed E-state index contributed by atoms with van der Waals surface area (Å²) in [5, 5.41) is 0.573. The molecule has 2 saturated heterocycles. The van der Waals surface area contributed by atoms with Crippen molar-refractivity contribution in [2.45, 2.75) is 51.1 Å². The Balaban J connectivity index is 1.81. The Labute approximate surface area is 138 Å². The summed E-state index contributed by atoms with van der Waals surface area (Å²) in [5.41, 5.74) is 1.84. The molecule has 22 heavy (non-hydrogen) atoms. The van der Waals surface area contributed by atoms with Crippen LogP contribution in [0.15, 0.2) is 18.2 Å². The van der Waals surface area contributed by atoms with Gasteiger partial charge in [0.1, 0.15) is 0 Å². The quantitative estimate of drug-likeness (QED) is 0.790. The summed E-state index contributed by atoms with van der Waals surface area (Å²) in [5.74, 6) is 0.0791. The lowest BCUT2D eigenvalue weighted by Crippen LogP contribution is -2.53. The van der Waals surface area contributed by atoms with Gasteiger partial charge in [0.05, 0.1) is 10.6 Å². The molecule has 0 saturated carbocycles. The van der Waals surface area contributed by atoms with Crippen LogP contribution in [-0.4, -0.2) is 47.9 Å². The number of fused-ring (bicyclic) bond motifs is 2. The normalized spacial score (nSPS) is 25.6. The van der Waals surface area contributed by atoms with Gasteiger partial charge >= 0.3 is 0 Å². The van der Waals surface area contributed by atoms with Crippen LogP contribution in [0.5, 0.6) is 0 Å². The summed E-state index contributed by atoms with van der Waals surface area (Å²) >= 11 is 6.41. The maximum atomic E-state index is 12.8. The van der Waals surface area contributed by atoms with Gasteiger partial charge in [0.2, 0.25) is 0 Å². The second-order valence-corrected chi connectivity index (χ2v) is 8.11. The number of halogens is 1. The van der Waals surface area contributed by atoms with Gasteiger partial charge < -0.3 is 4.90 Å². The molecule has 4 heteroatoms. The molecule has 1 amide bonds. The number of nitrogens with zero attached hydrogens (tertiary/aromatic N) is 2. The predicted octanol–water partition coefficient (Wildman–Crippen LogP) is 3.56. The van der Waals surface area contributed by atoms with E-state index in [0.29, 0.717) is 22.7 Å². The first kappa shape index (κ1) is 15.8. The van der Waals surface area contributed by atoms with Crippen LogP contribution in [0.1, 0.15) is 49.5 Å². The van der Waals surface area contributed by atoms with Crippen molar-refractivity contribution < 1.29 is 4.79 Å². The topological polar surface area (TPSA) is 23.6 Å². The Morgan fingerprint density at radius 2 is 1.77 bits per heavy atom. The summed E-state index contributed by atoms with van der Waals surface area (Å²) in [6, 6.07) is 6.89. The van der Waals surface area contributed by atoms with Gasteiger partial charge in [-0.1, -0.05) is 38.4 Å². The Bertz CT molecular complexity index is 579. The number of hydrogen-bond donors (Lipinski definition) is 0. The average molecular weight is 321 g/mol. The highest BCUT2D eigenvalue weighted by Gasteiger charge is 2.39. The number of benzene rings is 1. The lowest BCUT2D eigenvalue weighted by atomic mass is 9.86. The molecule has 0 N–H and O–H groups in total. The van der Waals surface area contributed by atoms with E-state index >= 15 is 0 Å². The predicted molar refractivity (Wildman–Crippen MR) is 90.6 cm³/mol. The highest BCUT2D eigenvalue weighted by atomic mass is 35.5. The highest BCUT2D eigenvalue weighted by Crippen LogP contribution is 2.31. The van der Waals surface area contributed by atoms with Crippen LogP contribution in [-0.2, 0) is 5.41 Å². The van der Waals surface area contributed by atoms with E-state index < -0.39 is 0 Å². The lowest BCUT2D eigenvalue weighted by molar-refractivity contribution is 0.0524. The second kappa shape index (κ2) is 5.54. The molecular formula is C18H25ClN2O. The van der Waals surface area contributed by atoms with Crippen LogP contribution in [0, 0.1) is 0 Å². The van der Waals surface area contributed by atoms with Crippen molar-refractivity contribution in [1.29, 1.82) is 0 Å². The van der Waals surface area contributed by atoms with Crippen LogP contribution >= 0.6 is 11.6 Å². The van der Waals surface area contributed by atoms with E-state index in [1.807, 2.05) is 23.1 Å². The average Bonchev–Trinajstić information content (AvgIpc) is 2.67. The molecule has 3 nitrogen and oxygen atoms in total. The molecule has 2 bridgehead atoms. The van der Waals surface area contributed by atoms with Crippen LogP contribution in [0.3, 0.4) is 0 Å². The molecule has 0 radical (unpaired) electrons. The molecule has 0 spiro atoms. The number of rotatable bonds is 1. The summed E-state index contributed by atoms with van der Waals surface area (Å²) < 4.78 is 0. The molecule has 1 aromatic carbocycles. The van der Waals surface area contributed by atoms with Crippen molar-refractivity contribution in [3.05, 3.63) is 34.3 Å². The fourth-order valence-corrected chi connectivity index (χ4v) is 3.87. The van der Waals surface area contributed by atoms with Crippen LogP contribution in [0.25, 0.3) is 0 Å². The van der Waals surface area contributed by atoms with E-state index in [1.165, 1.54) is 12.8 Å². The lowest BCUT2D eigenvalue weighted by Gasteiger charge is -2.39. The highest BCUT2D eigenvalue weighted by molar-refractivity contribution is 6.33. The minimum atomic E-state index is 0.0398. The zero-order chi connectivity index (χ0) is 16.1. The first-order valence-corrected chi connectivity index (χ1v) is 8.46. The molecule has 3 rings (SSSR count). The van der Waals surface area contributed by atoms with Crippen LogP contribution in [0.2, 0.25) is 5.02 Å². The monoisotopic (exact) mass is 320 g/mol. The number of carbonyl (C=O) groups is 1. The molecule has 1 aromatic rings. The van der Waals surface area contributed by atoms with E-state index in [9.17, 15) is 4.79 Å². The molecule has 2 aliphatic heterocycles. The second-order valence-electron chi connectivity index (χ2n) is 7.71. The third kappa shape index (κ3) is 2.77. The summed E-state index contributed by atoms with van der Waals surface area (Å²) in [6.07, 6.45) is 2.39. The van der Waals surface area contributed by atoms with Gasteiger partial charge in [-0.05, 0) is 43.0 Å². The van der Waals surface area contributed by atoms with Gasteiger partial charge in [-0.25, -0.2) is 0 Å². The molecule has 2 heterocycles. The Morgan fingerprint density at radius 3 is 2.27 bits per heavy atom. The molecule has 0 aliphatic carbocycles. The van der Waals surface area contributed by atoms with Gasteiger partial charge in [0, 0.05) is 25.2 Å². The first-order valence-electron chi connectivity index (χ1n) is 8.08. The minimum Gasteiger partial charge on any atom is -0.335 e. The van der Waals surface area contributed by atoms with Gasteiger partial charge in [-0.15, -0.1) is 0 Å². The van der Waals surface area contributed by atoms with Gasteiger partial charge in [0.15, 0.2) is 0 Å². The maximum Gasteiger partial charge on any atom is 0.255 e. The van der Waals surface area contributed by atoms with E-state index in [4.69, 9.17) is 11.6 Å². The van der Waals surface area contributed by atoms with Gasteiger partial charge in [0.25, 0.3) is 5.91 Å². The van der Waals surface area contributed by atoms with Crippen molar-refractivity contribution in [2.75, 3.05) is 20.1 Å². The third-order valence-electron chi connectivity index (χ3n) is 5.20. The zero-order valence-electron chi connectivity index (χ0n) is 13.9. The number of likely N-dealkylation sites (tertiary alicyclic amines) is 1. The summed E-state index contributed by atoms with van der Waals surface area (Å²) in [7, 11) is 2.18. The van der Waals surface area contributed by atoms with E-state index in [0.717, 1.165) is 18.7 Å². The smallest absolute Gasteiger partial charge is 0.255 e. The SMILES string of the molecule is CN1[C@@H]2CC[C@H]1CN(C(=O)c1ccc(C(C)(C)C)cc1Cl)C2. The third-order valence-corrected chi connectivity index (χ3v) is 5.51. The Morgan fingerprint density at radius 1 is 1.18 bits per heavy atom. The van der Waals surface area contributed by atoms with E-state index in [1.54, 1.807) is 0 Å². The molecule has 2 aliphatic rings. The van der Waals surface area contributed by atoms with Crippen molar-refractivity contribution in [3.63, 3.8) is 0 Å². The van der Waals surface area contributed by atoms with Crippen molar-refractivity contribution in [2.24, 2.45) is 0 Å². The van der Waals surface area contributed by atoms with E-state index in [2.05, 4.69) is 32.7 Å². The molecule has 0 aromatic heterocycles. The Hall–Kier alpha value is -1.06. The maximum absolute atomic E-state index is 12.8. The van der Waals surface area contributed by atoms with Crippen LogP contribution < -0.4 is 0 Å². The largest absolute Gasteiger partial charge is 0.335 e. The van der Waals surface area contributed by atoms with Gasteiger partial charge in [-0.2, -0.15) is 0 Å². The molecule has 0 unspecified atom stereocenters. The number of hydrogen-bond acceptors (Lipinski definition) is 2. The fourth-order valence-electron chi connectivity index (χ4n) is 3.60. The van der Waals surface area contributed by atoms with Crippen molar-refractivity contribution >= 4 is 17.5 Å². The van der Waals surface area contributed by atoms with Crippen molar-refractivity contribution in [1.82, 2.24) is 9.80 Å². The number of amides is 1. The molecular weight excluding hydrogens is 296 g/mol. The number of likely N-dealkylation sites (N-methyl/N-ethyl adjacent to an activating group) is 1. The summed E-state index contributed by atoms with van der Waals surface area (Å²) in [6.45, 7) is 8.10. The molecule has 2 fully saturated rings. The standard InChI is InChI=1S/C18H25ClN2O/c1-18(2,3)12-5-8-15(16(19)9-12)17(22)21-10-13-6-7-14(11-21)20(13)4/h5,8-9,13-14H,6-7,10-11H2,1-4H3/t13-,14+. The Kier molecular flexibility index (Phi) is 3.98. The number of piperazine rings is 1. The van der Waals surface area contributed by atoms with Crippen LogP contribution in [0.4, 0.5) is 0 Å². The summed E-state index contributed by atoms with van der Waals surface area (Å²) in [4.78, 5) is 17.2. The zero-order valence-corrected chi connectivity index (χ0v) is 14.7.